The van der Waals surface area contributed by atoms with Crippen molar-refractivity contribution in [3.05, 3.63) is 78.3 Å². The summed E-state index contributed by atoms with van der Waals surface area (Å²) >= 11 is 1.27. The Bertz CT molecular complexity index is 1230. The fourth-order valence-corrected chi connectivity index (χ4v) is 4.49. The van der Waals surface area contributed by atoms with Crippen LogP contribution in [0.25, 0.3) is 10.2 Å². The topological polar surface area (TPSA) is 80.5 Å². The Morgan fingerprint density at radius 2 is 1.89 bits per heavy atom. The fourth-order valence-electron chi connectivity index (χ4n) is 2.76. The third kappa shape index (κ3) is 3.69. The number of carbonyl (C=O) groups is 1. The van der Waals surface area contributed by atoms with Gasteiger partial charge in [0, 0.05) is 6.26 Å². The highest BCUT2D eigenvalue weighted by Gasteiger charge is 2.24. The molecule has 2 heterocycles. The second kappa shape index (κ2) is 7.21. The lowest BCUT2D eigenvalue weighted by atomic mass is 10.2. The van der Waals surface area contributed by atoms with Gasteiger partial charge < -0.3 is 4.42 Å². The first-order chi connectivity index (χ1) is 13.4. The maximum atomic E-state index is 13.0. The first kappa shape index (κ1) is 18.4. The highest BCUT2D eigenvalue weighted by Crippen LogP contribution is 2.32. The minimum atomic E-state index is -3.32. The molecule has 0 fully saturated rings. The zero-order chi connectivity index (χ0) is 19.7. The largest absolute Gasteiger partial charge is 0.459 e. The number of benzene rings is 2. The Labute approximate surface area is 166 Å². The number of fused-ring (bicyclic) bond motifs is 1. The number of furan rings is 1. The molecule has 0 unspecified atom stereocenters. The molecular weight excluding hydrogens is 396 g/mol. The van der Waals surface area contributed by atoms with Crippen molar-refractivity contribution in [2.24, 2.45) is 0 Å². The molecule has 0 aliphatic heterocycles. The van der Waals surface area contributed by atoms with Gasteiger partial charge in [0.05, 0.1) is 27.9 Å². The summed E-state index contributed by atoms with van der Waals surface area (Å²) in [4.78, 5) is 19.3. The van der Waals surface area contributed by atoms with Gasteiger partial charge in [-0.3, -0.25) is 9.69 Å². The molecular formula is C20H16N2O4S2. The zero-order valence-electron chi connectivity index (χ0n) is 14.9. The summed E-state index contributed by atoms with van der Waals surface area (Å²) in [6.45, 7) is 0.319. The molecule has 6 nitrogen and oxygen atoms in total. The molecule has 0 bridgehead atoms. The van der Waals surface area contributed by atoms with Crippen molar-refractivity contribution in [3.8, 4) is 0 Å². The van der Waals surface area contributed by atoms with Gasteiger partial charge in [0.2, 0.25) is 0 Å². The minimum absolute atomic E-state index is 0.215. The van der Waals surface area contributed by atoms with E-state index in [1.807, 2.05) is 30.3 Å². The molecule has 4 aromatic rings. The van der Waals surface area contributed by atoms with Gasteiger partial charge in [-0.05, 0) is 35.9 Å². The van der Waals surface area contributed by atoms with Crippen LogP contribution in [-0.4, -0.2) is 25.6 Å². The van der Waals surface area contributed by atoms with E-state index in [-0.39, 0.29) is 16.6 Å². The maximum absolute atomic E-state index is 13.0. The van der Waals surface area contributed by atoms with E-state index >= 15 is 0 Å². The first-order valence-corrected chi connectivity index (χ1v) is 11.1. The van der Waals surface area contributed by atoms with Gasteiger partial charge in [0.1, 0.15) is 0 Å². The van der Waals surface area contributed by atoms with E-state index in [1.54, 1.807) is 29.2 Å². The van der Waals surface area contributed by atoms with Crippen molar-refractivity contribution < 1.29 is 17.6 Å². The molecule has 8 heteroatoms. The van der Waals surface area contributed by atoms with E-state index in [1.165, 1.54) is 23.7 Å². The predicted molar refractivity (Wildman–Crippen MR) is 108 cm³/mol. The molecule has 142 valence electrons. The van der Waals surface area contributed by atoms with Gasteiger partial charge in [-0.15, -0.1) is 0 Å². The smallest absolute Gasteiger partial charge is 0.296 e. The number of nitrogens with zero attached hydrogens (tertiary/aromatic N) is 2. The van der Waals surface area contributed by atoms with Gasteiger partial charge in [-0.1, -0.05) is 41.7 Å². The van der Waals surface area contributed by atoms with Crippen molar-refractivity contribution in [3.63, 3.8) is 0 Å². The Kier molecular flexibility index (Phi) is 4.74. The second-order valence-electron chi connectivity index (χ2n) is 6.25. The molecule has 1 amide bonds. The van der Waals surface area contributed by atoms with E-state index in [0.29, 0.717) is 21.9 Å². The molecule has 0 spiro atoms. The SMILES string of the molecule is CS(=O)(=O)c1ccc2nc(N(Cc3ccccc3)C(=O)c3ccco3)sc2c1. The van der Waals surface area contributed by atoms with Crippen LogP contribution >= 0.6 is 11.3 Å². The third-order valence-corrected chi connectivity index (χ3v) is 6.32. The summed E-state index contributed by atoms with van der Waals surface area (Å²) in [7, 11) is -3.32. The van der Waals surface area contributed by atoms with Crippen LogP contribution in [0.4, 0.5) is 5.13 Å². The van der Waals surface area contributed by atoms with Gasteiger partial charge in [-0.2, -0.15) is 0 Å². The molecule has 0 aliphatic rings. The highest BCUT2D eigenvalue weighted by molar-refractivity contribution is 7.90. The van der Waals surface area contributed by atoms with Gasteiger partial charge in [-0.25, -0.2) is 13.4 Å². The maximum Gasteiger partial charge on any atom is 0.296 e. The van der Waals surface area contributed by atoms with Crippen LogP contribution in [0.1, 0.15) is 16.1 Å². The molecule has 4 rings (SSSR count). The molecule has 2 aromatic heterocycles. The third-order valence-electron chi connectivity index (χ3n) is 4.17. The molecule has 2 aromatic carbocycles. The van der Waals surface area contributed by atoms with Crippen LogP contribution in [-0.2, 0) is 16.4 Å². The lowest BCUT2D eigenvalue weighted by Crippen LogP contribution is -2.30. The summed E-state index contributed by atoms with van der Waals surface area (Å²) in [5.74, 6) is -0.0942. The number of rotatable bonds is 5. The number of amides is 1. The monoisotopic (exact) mass is 412 g/mol. The van der Waals surface area contributed by atoms with Crippen LogP contribution in [0, 0.1) is 0 Å². The number of anilines is 1. The van der Waals surface area contributed by atoms with Gasteiger partial charge >= 0.3 is 0 Å². The molecule has 0 N–H and O–H groups in total. The predicted octanol–water partition coefficient (Wildman–Crippen LogP) is 4.14. The van der Waals surface area contributed by atoms with Crippen LogP contribution in [0.3, 0.4) is 0 Å². The highest BCUT2D eigenvalue weighted by atomic mass is 32.2. The fraction of sp³-hybridized carbons (Fsp3) is 0.100. The molecule has 0 radical (unpaired) electrons. The van der Waals surface area contributed by atoms with E-state index in [4.69, 9.17) is 4.42 Å². The minimum Gasteiger partial charge on any atom is -0.459 e. The molecule has 0 aliphatic carbocycles. The zero-order valence-corrected chi connectivity index (χ0v) is 16.5. The molecule has 0 saturated heterocycles. The lowest BCUT2D eigenvalue weighted by Gasteiger charge is -2.18. The number of hydrogen-bond acceptors (Lipinski definition) is 6. The van der Waals surface area contributed by atoms with Crippen molar-refractivity contribution in [2.75, 3.05) is 11.2 Å². The Balaban J connectivity index is 1.78. The average Bonchev–Trinajstić information content (AvgIpc) is 3.34. The van der Waals surface area contributed by atoms with Crippen LogP contribution < -0.4 is 4.90 Å². The second-order valence-corrected chi connectivity index (χ2v) is 9.28. The van der Waals surface area contributed by atoms with E-state index in [9.17, 15) is 13.2 Å². The number of sulfone groups is 1. The van der Waals surface area contributed by atoms with E-state index in [2.05, 4.69) is 4.98 Å². The van der Waals surface area contributed by atoms with Crippen LogP contribution in [0.2, 0.25) is 0 Å². The lowest BCUT2D eigenvalue weighted by molar-refractivity contribution is 0.0958. The summed E-state index contributed by atoms with van der Waals surface area (Å²) in [5, 5.41) is 0.478. The van der Waals surface area contributed by atoms with Crippen LogP contribution in [0.15, 0.2) is 76.2 Å². The summed E-state index contributed by atoms with van der Waals surface area (Å²) in [6, 6.07) is 17.6. The Morgan fingerprint density at radius 3 is 2.57 bits per heavy atom. The number of hydrogen-bond donors (Lipinski definition) is 0. The van der Waals surface area contributed by atoms with Crippen molar-refractivity contribution in [1.29, 1.82) is 0 Å². The quantitative estimate of drug-likeness (QED) is 0.492. The normalized spacial score (nSPS) is 11.6. The van der Waals surface area contributed by atoms with E-state index < -0.39 is 9.84 Å². The van der Waals surface area contributed by atoms with Crippen LogP contribution in [0.5, 0.6) is 0 Å². The van der Waals surface area contributed by atoms with Gasteiger partial charge in [0.15, 0.2) is 20.7 Å². The van der Waals surface area contributed by atoms with Gasteiger partial charge in [0.25, 0.3) is 5.91 Å². The average molecular weight is 412 g/mol. The first-order valence-electron chi connectivity index (χ1n) is 8.42. The summed E-state index contributed by atoms with van der Waals surface area (Å²) < 4.78 is 29.6. The summed E-state index contributed by atoms with van der Waals surface area (Å²) in [6.07, 6.45) is 2.61. The van der Waals surface area contributed by atoms with E-state index in [0.717, 1.165) is 11.8 Å². The van der Waals surface area contributed by atoms with Crippen molar-refractivity contribution in [2.45, 2.75) is 11.4 Å². The molecule has 28 heavy (non-hydrogen) atoms. The number of aromatic nitrogens is 1. The number of thiazole rings is 1. The van der Waals surface area contributed by atoms with Crippen molar-refractivity contribution in [1.82, 2.24) is 4.98 Å². The van der Waals surface area contributed by atoms with Crippen molar-refractivity contribution >= 4 is 42.4 Å². The number of carbonyl (C=O) groups excluding carboxylic acids is 1. The summed E-state index contributed by atoms with van der Waals surface area (Å²) in [5.41, 5.74) is 1.58. The Morgan fingerprint density at radius 1 is 1.11 bits per heavy atom. The molecule has 0 saturated carbocycles. The standard InChI is InChI=1S/C20H16N2O4S2/c1-28(24,25)15-9-10-16-18(12-15)27-20(21-16)22(13-14-6-3-2-4-7-14)19(23)17-8-5-11-26-17/h2-12H,13H2,1H3. The molecule has 0 atom stereocenters. The Hall–Kier alpha value is -2.97.